The molecule has 9 heteroatoms. The maximum absolute atomic E-state index is 13.1. The number of carbonyl (C=O) groups excluding carboxylic acids is 1. The number of nitrogens with one attached hydrogen (secondary N) is 1. The van der Waals surface area contributed by atoms with Crippen molar-refractivity contribution in [3.63, 3.8) is 0 Å². The van der Waals surface area contributed by atoms with Gasteiger partial charge in [0.15, 0.2) is 0 Å². The molecule has 0 saturated carbocycles. The van der Waals surface area contributed by atoms with E-state index in [-0.39, 0.29) is 17.9 Å². The number of aromatic nitrogens is 1. The smallest absolute Gasteiger partial charge is 0.270 e. The molecule has 1 amide bonds. The summed E-state index contributed by atoms with van der Waals surface area (Å²) in [5.74, 6) is -0.983. The van der Waals surface area contributed by atoms with E-state index < -0.39 is 22.2 Å². The molecule has 0 aliphatic rings. The summed E-state index contributed by atoms with van der Waals surface area (Å²) in [5, 5.41) is 13.6. The molecule has 122 valence electrons. The number of hydrogen-bond acceptors (Lipinski definition) is 5. The molecule has 1 heterocycles. The van der Waals surface area contributed by atoms with Gasteiger partial charge in [-0.25, -0.2) is 4.39 Å². The third kappa shape index (κ3) is 3.15. The number of fused-ring (bicyclic) bond motifs is 1. The minimum Gasteiger partial charge on any atom is -0.324 e. The first kappa shape index (κ1) is 15.8. The summed E-state index contributed by atoms with van der Waals surface area (Å²) < 4.78 is 14.7. The summed E-state index contributed by atoms with van der Waals surface area (Å²) in [6.07, 6.45) is 0. The summed E-state index contributed by atoms with van der Waals surface area (Å²) in [4.78, 5) is 34.4. The molecule has 3 rings (SSSR count). The average Bonchev–Trinajstić information content (AvgIpc) is 2.82. The lowest BCUT2D eigenvalue weighted by atomic mass is 10.2. The highest BCUT2D eigenvalue weighted by Crippen LogP contribution is 2.22. The zero-order chi connectivity index (χ0) is 17.3. The zero-order valence-corrected chi connectivity index (χ0v) is 12.9. The molecular formula is C15H10FN3O4S. The van der Waals surface area contributed by atoms with Gasteiger partial charge in [0.25, 0.3) is 11.2 Å². The first-order chi connectivity index (χ1) is 11.4. The van der Waals surface area contributed by atoms with Crippen LogP contribution in [0.3, 0.4) is 0 Å². The summed E-state index contributed by atoms with van der Waals surface area (Å²) in [6, 6.07) is 9.30. The average molecular weight is 347 g/mol. The van der Waals surface area contributed by atoms with Crippen LogP contribution in [0.15, 0.2) is 47.3 Å². The minimum atomic E-state index is -0.551. The van der Waals surface area contributed by atoms with Crippen molar-refractivity contribution in [3.8, 4) is 0 Å². The molecule has 0 atom stereocenters. The van der Waals surface area contributed by atoms with Gasteiger partial charge in [-0.2, -0.15) is 0 Å². The third-order valence-electron chi connectivity index (χ3n) is 3.24. The van der Waals surface area contributed by atoms with Crippen LogP contribution in [-0.4, -0.2) is 14.8 Å². The molecule has 0 radical (unpaired) electrons. The Bertz CT molecular complexity index is 1010. The van der Waals surface area contributed by atoms with Gasteiger partial charge in [-0.1, -0.05) is 17.6 Å². The maximum Gasteiger partial charge on any atom is 0.270 e. The number of halogens is 1. The number of benzene rings is 2. The summed E-state index contributed by atoms with van der Waals surface area (Å²) in [6.45, 7) is -0.261. The Labute approximate surface area is 138 Å². The van der Waals surface area contributed by atoms with Crippen molar-refractivity contribution < 1.29 is 14.1 Å². The van der Waals surface area contributed by atoms with E-state index in [0.29, 0.717) is 10.1 Å². The predicted molar refractivity (Wildman–Crippen MR) is 87.8 cm³/mol. The lowest BCUT2D eigenvalue weighted by Gasteiger charge is -2.04. The SMILES string of the molecule is O=C(Cn1sc2cc([N+](=O)[O-])ccc2c1=O)Nc1cccc(F)c1. The first-order valence-corrected chi connectivity index (χ1v) is 7.55. The topological polar surface area (TPSA) is 94.2 Å². The van der Waals surface area contributed by atoms with Crippen molar-refractivity contribution >= 4 is 38.9 Å². The van der Waals surface area contributed by atoms with Crippen molar-refractivity contribution in [1.82, 2.24) is 3.96 Å². The zero-order valence-electron chi connectivity index (χ0n) is 12.1. The number of carbonyl (C=O) groups is 1. The van der Waals surface area contributed by atoms with E-state index in [1.54, 1.807) is 0 Å². The number of rotatable bonds is 4. The summed E-state index contributed by atoms with van der Waals surface area (Å²) >= 11 is 0.962. The van der Waals surface area contributed by atoms with Crippen molar-refractivity contribution in [3.05, 3.63) is 68.7 Å². The molecule has 24 heavy (non-hydrogen) atoms. The quantitative estimate of drug-likeness (QED) is 0.580. The lowest BCUT2D eigenvalue weighted by molar-refractivity contribution is -0.384. The van der Waals surface area contributed by atoms with Crippen LogP contribution < -0.4 is 10.9 Å². The standard InChI is InChI=1S/C15H10FN3O4S/c16-9-2-1-3-10(6-9)17-14(20)8-18-15(21)12-5-4-11(19(22)23)7-13(12)24-18/h1-7H,8H2,(H,17,20). The molecule has 0 aliphatic heterocycles. The Morgan fingerprint density at radius 3 is 2.79 bits per heavy atom. The molecule has 0 saturated heterocycles. The Hall–Kier alpha value is -3.07. The molecule has 0 unspecified atom stereocenters. The normalized spacial score (nSPS) is 10.7. The first-order valence-electron chi connectivity index (χ1n) is 6.78. The van der Waals surface area contributed by atoms with Gasteiger partial charge in [-0.15, -0.1) is 0 Å². The molecule has 0 spiro atoms. The van der Waals surface area contributed by atoms with E-state index in [4.69, 9.17) is 0 Å². The molecule has 0 fully saturated rings. The number of anilines is 1. The lowest BCUT2D eigenvalue weighted by Crippen LogP contribution is -2.23. The van der Waals surface area contributed by atoms with Crippen LogP contribution in [-0.2, 0) is 11.3 Å². The van der Waals surface area contributed by atoms with E-state index in [1.165, 1.54) is 40.4 Å². The van der Waals surface area contributed by atoms with Gasteiger partial charge in [0, 0.05) is 17.8 Å². The third-order valence-corrected chi connectivity index (χ3v) is 4.29. The van der Waals surface area contributed by atoms with Crippen LogP contribution in [0.25, 0.3) is 10.1 Å². The van der Waals surface area contributed by atoms with Gasteiger partial charge in [-0.05, 0) is 24.3 Å². The maximum atomic E-state index is 13.1. The van der Waals surface area contributed by atoms with E-state index in [1.807, 2.05) is 0 Å². The Morgan fingerprint density at radius 1 is 1.29 bits per heavy atom. The van der Waals surface area contributed by atoms with E-state index >= 15 is 0 Å². The second-order valence-corrected chi connectivity index (χ2v) is 5.99. The van der Waals surface area contributed by atoms with Crippen LogP contribution in [0.2, 0.25) is 0 Å². The number of hydrogen-bond donors (Lipinski definition) is 1. The van der Waals surface area contributed by atoms with Crippen LogP contribution in [0.1, 0.15) is 0 Å². The number of nitrogens with zero attached hydrogens (tertiary/aromatic N) is 2. The van der Waals surface area contributed by atoms with Gasteiger partial charge in [0.2, 0.25) is 5.91 Å². The molecular weight excluding hydrogens is 337 g/mol. The minimum absolute atomic E-state index is 0.125. The van der Waals surface area contributed by atoms with Gasteiger partial charge in [0.1, 0.15) is 12.4 Å². The fourth-order valence-corrected chi connectivity index (χ4v) is 3.20. The van der Waals surface area contributed by atoms with Crippen LogP contribution in [0, 0.1) is 15.9 Å². The second kappa shape index (κ2) is 6.20. The summed E-state index contributed by atoms with van der Waals surface area (Å²) in [5.41, 5.74) is -0.246. The molecule has 3 aromatic rings. The van der Waals surface area contributed by atoms with Crippen molar-refractivity contribution in [1.29, 1.82) is 0 Å². The van der Waals surface area contributed by atoms with Gasteiger partial charge in [-0.3, -0.25) is 23.7 Å². The Kier molecular flexibility index (Phi) is 4.09. The van der Waals surface area contributed by atoms with Gasteiger partial charge in [0.05, 0.1) is 15.0 Å². The van der Waals surface area contributed by atoms with E-state index in [2.05, 4.69) is 5.32 Å². The van der Waals surface area contributed by atoms with Gasteiger partial charge < -0.3 is 5.32 Å². The van der Waals surface area contributed by atoms with Crippen LogP contribution in [0.5, 0.6) is 0 Å². The molecule has 7 nitrogen and oxygen atoms in total. The number of nitro benzene ring substituents is 1. The monoisotopic (exact) mass is 347 g/mol. The van der Waals surface area contributed by atoms with Gasteiger partial charge >= 0.3 is 0 Å². The molecule has 1 aromatic heterocycles. The van der Waals surface area contributed by atoms with Crippen molar-refractivity contribution in [2.24, 2.45) is 0 Å². The fraction of sp³-hybridized carbons (Fsp3) is 0.0667. The van der Waals surface area contributed by atoms with Crippen molar-refractivity contribution in [2.75, 3.05) is 5.32 Å². The largest absolute Gasteiger partial charge is 0.324 e. The molecule has 0 aliphatic carbocycles. The summed E-state index contributed by atoms with van der Waals surface area (Å²) in [7, 11) is 0. The number of amides is 1. The number of non-ortho nitro benzene ring substituents is 1. The highest BCUT2D eigenvalue weighted by atomic mass is 32.1. The second-order valence-electron chi connectivity index (χ2n) is 4.93. The van der Waals surface area contributed by atoms with Crippen molar-refractivity contribution in [2.45, 2.75) is 6.54 Å². The van der Waals surface area contributed by atoms with E-state index in [9.17, 15) is 24.1 Å². The predicted octanol–water partition coefficient (Wildman–Crippen LogP) is 2.75. The molecule has 1 N–H and O–H groups in total. The number of nitro groups is 1. The Morgan fingerprint density at radius 2 is 2.08 bits per heavy atom. The molecule has 2 aromatic carbocycles. The Balaban J connectivity index is 1.84. The fourth-order valence-electron chi connectivity index (χ4n) is 2.17. The van der Waals surface area contributed by atoms with Crippen LogP contribution in [0.4, 0.5) is 15.8 Å². The highest BCUT2D eigenvalue weighted by Gasteiger charge is 2.14. The molecule has 0 bridgehead atoms. The van der Waals surface area contributed by atoms with E-state index in [0.717, 1.165) is 17.6 Å². The van der Waals surface area contributed by atoms with Crippen LogP contribution >= 0.6 is 11.5 Å². The highest BCUT2D eigenvalue weighted by molar-refractivity contribution is 7.13.